The summed E-state index contributed by atoms with van der Waals surface area (Å²) in [6, 6.07) is 4.86. The lowest BCUT2D eigenvalue weighted by atomic mass is 10.2. The van der Waals surface area contributed by atoms with Gasteiger partial charge in [0.05, 0.1) is 0 Å². The SMILES string of the molecule is CC(C)NC(=O)[C@@H](C)OC(=O)/C=C/c1ccc(OC(F)(F)F)cc1. The summed E-state index contributed by atoms with van der Waals surface area (Å²) in [6.07, 6.45) is -3.27. The van der Waals surface area contributed by atoms with Gasteiger partial charge >= 0.3 is 12.3 Å². The van der Waals surface area contributed by atoms with Gasteiger partial charge in [0.25, 0.3) is 5.91 Å². The molecule has 0 spiro atoms. The molecule has 0 bridgehead atoms. The maximum Gasteiger partial charge on any atom is 0.573 e. The van der Waals surface area contributed by atoms with Gasteiger partial charge in [0.1, 0.15) is 5.75 Å². The van der Waals surface area contributed by atoms with E-state index >= 15 is 0 Å². The van der Waals surface area contributed by atoms with E-state index in [1.165, 1.54) is 25.1 Å². The first-order chi connectivity index (χ1) is 11.1. The molecule has 0 aliphatic rings. The fourth-order valence-electron chi connectivity index (χ4n) is 1.61. The second kappa shape index (κ2) is 8.37. The first-order valence-electron chi connectivity index (χ1n) is 7.11. The van der Waals surface area contributed by atoms with Crippen LogP contribution in [0.1, 0.15) is 26.3 Å². The van der Waals surface area contributed by atoms with E-state index in [1.807, 2.05) is 0 Å². The number of benzene rings is 1. The van der Waals surface area contributed by atoms with Crippen LogP contribution in [-0.2, 0) is 14.3 Å². The number of hydrogen-bond donors (Lipinski definition) is 1. The van der Waals surface area contributed by atoms with Crippen molar-refractivity contribution in [2.45, 2.75) is 39.3 Å². The highest BCUT2D eigenvalue weighted by atomic mass is 19.4. The van der Waals surface area contributed by atoms with Crippen molar-refractivity contribution in [1.29, 1.82) is 0 Å². The molecule has 1 amide bonds. The minimum Gasteiger partial charge on any atom is -0.449 e. The largest absolute Gasteiger partial charge is 0.573 e. The third kappa shape index (κ3) is 7.66. The minimum absolute atomic E-state index is 0.0772. The first kappa shape index (κ1) is 19.5. The van der Waals surface area contributed by atoms with Gasteiger partial charge in [-0.25, -0.2) is 4.79 Å². The van der Waals surface area contributed by atoms with Gasteiger partial charge in [0, 0.05) is 12.1 Å². The summed E-state index contributed by atoms with van der Waals surface area (Å²) in [4.78, 5) is 23.2. The third-order valence-corrected chi connectivity index (χ3v) is 2.62. The fraction of sp³-hybridized carbons (Fsp3) is 0.375. The van der Waals surface area contributed by atoms with Crippen LogP contribution in [0.25, 0.3) is 6.08 Å². The maximum absolute atomic E-state index is 12.0. The average Bonchev–Trinajstić information content (AvgIpc) is 2.44. The molecule has 0 aliphatic heterocycles. The van der Waals surface area contributed by atoms with E-state index in [2.05, 4.69) is 10.1 Å². The Morgan fingerprint density at radius 3 is 2.21 bits per heavy atom. The van der Waals surface area contributed by atoms with E-state index in [9.17, 15) is 22.8 Å². The Kier molecular flexibility index (Phi) is 6.82. The highest BCUT2D eigenvalue weighted by Gasteiger charge is 2.30. The van der Waals surface area contributed by atoms with Crippen molar-refractivity contribution in [3.63, 3.8) is 0 Å². The van der Waals surface area contributed by atoms with Gasteiger partial charge in [-0.2, -0.15) is 0 Å². The van der Waals surface area contributed by atoms with Crippen molar-refractivity contribution >= 4 is 18.0 Å². The Hall–Kier alpha value is -2.51. The van der Waals surface area contributed by atoms with Crippen molar-refractivity contribution in [3.05, 3.63) is 35.9 Å². The topological polar surface area (TPSA) is 64.6 Å². The predicted molar refractivity (Wildman–Crippen MR) is 81.0 cm³/mol. The van der Waals surface area contributed by atoms with Gasteiger partial charge in [-0.3, -0.25) is 4.79 Å². The quantitative estimate of drug-likeness (QED) is 0.636. The molecule has 0 aliphatic carbocycles. The van der Waals surface area contributed by atoms with Crippen LogP contribution < -0.4 is 10.1 Å². The fourth-order valence-corrected chi connectivity index (χ4v) is 1.61. The number of nitrogens with one attached hydrogen (secondary N) is 1. The molecule has 1 aromatic rings. The van der Waals surface area contributed by atoms with Gasteiger partial charge < -0.3 is 14.8 Å². The molecule has 24 heavy (non-hydrogen) atoms. The van der Waals surface area contributed by atoms with Crippen molar-refractivity contribution < 1.29 is 32.2 Å². The van der Waals surface area contributed by atoms with Crippen molar-refractivity contribution in [1.82, 2.24) is 5.32 Å². The number of carbonyl (C=O) groups is 2. The number of hydrogen-bond acceptors (Lipinski definition) is 4. The van der Waals surface area contributed by atoms with Crippen molar-refractivity contribution in [2.75, 3.05) is 0 Å². The van der Waals surface area contributed by atoms with Crippen LogP contribution in [0.2, 0.25) is 0 Å². The number of carbonyl (C=O) groups excluding carboxylic acids is 2. The Morgan fingerprint density at radius 2 is 1.71 bits per heavy atom. The Morgan fingerprint density at radius 1 is 1.12 bits per heavy atom. The predicted octanol–water partition coefficient (Wildman–Crippen LogP) is 3.05. The normalized spacial score (nSPS) is 13.0. The molecule has 0 unspecified atom stereocenters. The molecule has 0 saturated heterocycles. The summed E-state index contributed by atoms with van der Waals surface area (Å²) in [7, 11) is 0. The van der Waals surface area contributed by atoms with Crippen LogP contribution in [-0.4, -0.2) is 30.4 Å². The molecule has 0 heterocycles. The number of rotatable bonds is 6. The monoisotopic (exact) mass is 345 g/mol. The van der Waals surface area contributed by atoms with Gasteiger partial charge in [-0.05, 0) is 44.5 Å². The maximum atomic E-state index is 12.0. The summed E-state index contributed by atoms with van der Waals surface area (Å²) in [5.74, 6) is -1.52. The van der Waals surface area contributed by atoms with E-state index < -0.39 is 24.3 Å². The van der Waals surface area contributed by atoms with Gasteiger partial charge in [-0.1, -0.05) is 12.1 Å². The lowest BCUT2D eigenvalue weighted by Crippen LogP contribution is -2.39. The van der Waals surface area contributed by atoms with Crippen LogP contribution in [0.15, 0.2) is 30.3 Å². The van der Waals surface area contributed by atoms with E-state index in [0.29, 0.717) is 5.56 Å². The molecular formula is C16H18F3NO4. The van der Waals surface area contributed by atoms with E-state index in [4.69, 9.17) is 4.74 Å². The Labute approximate surface area is 137 Å². The van der Waals surface area contributed by atoms with E-state index in [-0.39, 0.29) is 11.8 Å². The molecule has 0 fully saturated rings. The summed E-state index contributed by atoms with van der Waals surface area (Å²) in [6.45, 7) is 4.99. The summed E-state index contributed by atoms with van der Waals surface area (Å²) < 4.78 is 44.7. The minimum atomic E-state index is -4.76. The molecule has 8 heteroatoms. The number of esters is 1. The molecular weight excluding hydrogens is 327 g/mol. The van der Waals surface area contributed by atoms with E-state index in [0.717, 1.165) is 18.2 Å². The van der Waals surface area contributed by atoms with Crippen LogP contribution >= 0.6 is 0 Å². The summed E-state index contributed by atoms with van der Waals surface area (Å²) >= 11 is 0. The van der Waals surface area contributed by atoms with Crippen LogP contribution in [0.4, 0.5) is 13.2 Å². The molecule has 0 radical (unpaired) electrons. The summed E-state index contributed by atoms with van der Waals surface area (Å²) in [5, 5.41) is 2.60. The molecule has 1 aromatic carbocycles. The lowest BCUT2D eigenvalue weighted by molar-refractivity contribution is -0.274. The highest BCUT2D eigenvalue weighted by Crippen LogP contribution is 2.22. The number of halogens is 3. The zero-order valence-electron chi connectivity index (χ0n) is 13.4. The zero-order valence-corrected chi connectivity index (χ0v) is 13.4. The first-order valence-corrected chi connectivity index (χ1v) is 7.11. The molecule has 0 saturated carbocycles. The molecule has 0 aromatic heterocycles. The Balaban J connectivity index is 2.56. The molecule has 1 N–H and O–H groups in total. The Bertz CT molecular complexity index is 594. The van der Waals surface area contributed by atoms with Crippen molar-refractivity contribution in [3.8, 4) is 5.75 Å². The number of ether oxygens (including phenoxy) is 2. The van der Waals surface area contributed by atoms with Crippen LogP contribution in [0, 0.1) is 0 Å². The highest BCUT2D eigenvalue weighted by molar-refractivity contribution is 5.90. The second-order valence-corrected chi connectivity index (χ2v) is 5.19. The van der Waals surface area contributed by atoms with Crippen LogP contribution in [0.5, 0.6) is 5.75 Å². The number of amides is 1. The van der Waals surface area contributed by atoms with E-state index in [1.54, 1.807) is 13.8 Å². The molecule has 5 nitrogen and oxygen atoms in total. The smallest absolute Gasteiger partial charge is 0.449 e. The standard InChI is InChI=1S/C16H18F3NO4/c1-10(2)20-15(22)11(3)23-14(21)9-6-12-4-7-13(8-5-12)24-16(17,18)19/h4-11H,1-3H3,(H,20,22)/b9-6+/t11-/m1/s1. The lowest BCUT2D eigenvalue weighted by Gasteiger charge is -2.14. The zero-order chi connectivity index (χ0) is 18.3. The molecule has 132 valence electrons. The molecule has 1 atom stereocenters. The van der Waals surface area contributed by atoms with Gasteiger partial charge in [0.15, 0.2) is 6.10 Å². The van der Waals surface area contributed by atoms with Gasteiger partial charge in [0.2, 0.25) is 0 Å². The van der Waals surface area contributed by atoms with Crippen molar-refractivity contribution in [2.24, 2.45) is 0 Å². The third-order valence-electron chi connectivity index (χ3n) is 2.62. The summed E-state index contributed by atoms with van der Waals surface area (Å²) in [5.41, 5.74) is 0.473. The van der Waals surface area contributed by atoms with Crippen LogP contribution in [0.3, 0.4) is 0 Å². The molecule has 1 rings (SSSR count). The second-order valence-electron chi connectivity index (χ2n) is 5.19. The van der Waals surface area contributed by atoms with Gasteiger partial charge in [-0.15, -0.1) is 13.2 Å². The average molecular weight is 345 g/mol. The number of alkyl halides is 3.